The van der Waals surface area contributed by atoms with Gasteiger partial charge in [-0.15, -0.1) is 0 Å². The van der Waals surface area contributed by atoms with E-state index in [1.807, 2.05) is 6.92 Å². The number of nitrogens with two attached hydrogens (primary N) is 1. The average molecular weight is 130 g/mol. The molecule has 0 aromatic carbocycles. The van der Waals surface area contributed by atoms with Crippen LogP contribution < -0.4 is 5.73 Å². The maximum absolute atomic E-state index is 5.20. The Labute approximate surface area is 55.9 Å². The first-order valence-corrected chi connectivity index (χ1v) is 3.25. The topological polar surface area (TPSA) is 47.6 Å². The van der Waals surface area contributed by atoms with E-state index in [9.17, 15) is 0 Å². The van der Waals surface area contributed by atoms with Crippen LogP contribution in [0.5, 0.6) is 0 Å². The third-order valence-electron chi connectivity index (χ3n) is 0.740. The highest BCUT2D eigenvalue weighted by molar-refractivity contribution is 5.56. The first kappa shape index (κ1) is 8.43. The fourth-order valence-electron chi connectivity index (χ4n) is 0.324. The molecule has 0 bridgehead atoms. The fraction of sp³-hybridized carbons (Fsp3) is 0.833. The molecule has 0 atom stereocenters. The highest BCUT2D eigenvalue weighted by atomic mass is 16.6. The largest absolute Gasteiger partial charge is 0.396 e. The van der Waals surface area contributed by atoms with Gasteiger partial charge in [0.2, 0.25) is 0 Å². The Morgan fingerprint density at radius 1 is 1.67 bits per heavy atom. The van der Waals surface area contributed by atoms with Crippen molar-refractivity contribution < 1.29 is 4.84 Å². The first-order valence-electron chi connectivity index (χ1n) is 3.25. The van der Waals surface area contributed by atoms with E-state index in [2.05, 4.69) is 5.16 Å². The van der Waals surface area contributed by atoms with Gasteiger partial charge >= 0.3 is 0 Å². The van der Waals surface area contributed by atoms with E-state index in [1.165, 1.54) is 0 Å². The number of nitrogens with zero attached hydrogens (tertiary/aromatic N) is 1. The summed E-state index contributed by atoms with van der Waals surface area (Å²) < 4.78 is 0. The molecule has 0 aliphatic carbocycles. The third-order valence-corrected chi connectivity index (χ3v) is 0.740. The van der Waals surface area contributed by atoms with Gasteiger partial charge in [-0.25, -0.2) is 0 Å². The van der Waals surface area contributed by atoms with Crippen LogP contribution in [0.15, 0.2) is 5.16 Å². The van der Waals surface area contributed by atoms with Gasteiger partial charge in [0.1, 0.15) is 6.61 Å². The molecule has 0 heterocycles. The van der Waals surface area contributed by atoms with E-state index < -0.39 is 0 Å². The average Bonchev–Trinajstić information content (AvgIpc) is 1.89. The summed E-state index contributed by atoms with van der Waals surface area (Å²) in [7, 11) is 0. The Balaban J connectivity index is 2.86. The molecule has 0 saturated carbocycles. The number of rotatable bonds is 5. The molecule has 0 aromatic rings. The number of oxime groups is 1. The first-order chi connectivity index (χ1) is 4.41. The van der Waals surface area contributed by atoms with Crippen LogP contribution in [0.1, 0.15) is 19.8 Å². The summed E-state index contributed by atoms with van der Waals surface area (Å²) in [5.74, 6) is 0. The summed E-state index contributed by atoms with van der Waals surface area (Å²) in [4.78, 5) is 4.80. The van der Waals surface area contributed by atoms with Gasteiger partial charge in [0, 0.05) is 6.21 Å². The molecule has 0 aliphatic heterocycles. The Morgan fingerprint density at radius 3 is 3.00 bits per heavy atom. The van der Waals surface area contributed by atoms with Crippen LogP contribution in [-0.4, -0.2) is 19.4 Å². The highest BCUT2D eigenvalue weighted by Crippen LogP contribution is 1.79. The van der Waals surface area contributed by atoms with Crippen molar-refractivity contribution in [3.05, 3.63) is 0 Å². The summed E-state index contributed by atoms with van der Waals surface area (Å²) in [5.41, 5.74) is 5.20. The van der Waals surface area contributed by atoms with E-state index in [1.54, 1.807) is 6.21 Å². The van der Waals surface area contributed by atoms with Crippen LogP contribution in [0.25, 0.3) is 0 Å². The van der Waals surface area contributed by atoms with E-state index in [4.69, 9.17) is 10.6 Å². The minimum atomic E-state index is 0.638. The van der Waals surface area contributed by atoms with Crippen LogP contribution in [-0.2, 0) is 4.84 Å². The van der Waals surface area contributed by atoms with Crippen molar-refractivity contribution in [1.29, 1.82) is 0 Å². The SMILES string of the molecule is CCCO/N=C/CCN. The second-order valence-corrected chi connectivity index (χ2v) is 1.70. The molecule has 0 aliphatic rings. The molecular formula is C6H14N2O. The molecule has 0 unspecified atom stereocenters. The van der Waals surface area contributed by atoms with Crippen molar-refractivity contribution in [3.8, 4) is 0 Å². The summed E-state index contributed by atoms with van der Waals surface area (Å²) in [6, 6.07) is 0. The molecule has 0 aromatic heterocycles. The van der Waals surface area contributed by atoms with Crippen molar-refractivity contribution in [3.63, 3.8) is 0 Å². The molecular weight excluding hydrogens is 116 g/mol. The monoisotopic (exact) mass is 130 g/mol. The minimum Gasteiger partial charge on any atom is -0.396 e. The normalized spacial score (nSPS) is 10.4. The quantitative estimate of drug-likeness (QED) is 0.339. The van der Waals surface area contributed by atoms with Gasteiger partial charge in [-0.1, -0.05) is 12.1 Å². The zero-order valence-electron chi connectivity index (χ0n) is 5.84. The minimum absolute atomic E-state index is 0.638. The molecule has 0 spiro atoms. The van der Waals surface area contributed by atoms with Crippen LogP contribution in [0.2, 0.25) is 0 Å². The van der Waals surface area contributed by atoms with Gasteiger partial charge in [-0.3, -0.25) is 0 Å². The van der Waals surface area contributed by atoms with Gasteiger partial charge in [0.05, 0.1) is 0 Å². The molecule has 3 heteroatoms. The summed E-state index contributed by atoms with van der Waals surface area (Å²) >= 11 is 0. The van der Waals surface area contributed by atoms with Gasteiger partial charge in [0.15, 0.2) is 0 Å². The lowest BCUT2D eigenvalue weighted by Crippen LogP contribution is -1.98. The smallest absolute Gasteiger partial charge is 0.116 e. The zero-order valence-corrected chi connectivity index (χ0v) is 5.84. The zero-order chi connectivity index (χ0) is 6.95. The Bertz CT molecular complexity index is 73.5. The van der Waals surface area contributed by atoms with Crippen LogP contribution in [0.3, 0.4) is 0 Å². The lowest BCUT2D eigenvalue weighted by molar-refractivity contribution is 0.146. The molecule has 0 radical (unpaired) electrons. The van der Waals surface area contributed by atoms with Crippen molar-refractivity contribution in [1.82, 2.24) is 0 Å². The molecule has 9 heavy (non-hydrogen) atoms. The van der Waals surface area contributed by atoms with Crippen molar-refractivity contribution in [2.24, 2.45) is 10.9 Å². The lowest BCUT2D eigenvalue weighted by atomic mass is 10.5. The van der Waals surface area contributed by atoms with E-state index >= 15 is 0 Å². The molecule has 0 rings (SSSR count). The van der Waals surface area contributed by atoms with E-state index in [0.29, 0.717) is 13.2 Å². The van der Waals surface area contributed by atoms with E-state index in [-0.39, 0.29) is 0 Å². The van der Waals surface area contributed by atoms with Crippen LogP contribution in [0, 0.1) is 0 Å². The lowest BCUT2D eigenvalue weighted by Gasteiger charge is -1.91. The Kier molecular flexibility index (Phi) is 6.96. The summed E-state index contributed by atoms with van der Waals surface area (Å²) in [6.45, 7) is 3.37. The maximum atomic E-state index is 5.20. The van der Waals surface area contributed by atoms with Gasteiger partial charge < -0.3 is 10.6 Å². The summed E-state index contributed by atoms with van der Waals surface area (Å²) in [5, 5.41) is 3.65. The van der Waals surface area contributed by atoms with Crippen LogP contribution in [0.4, 0.5) is 0 Å². The van der Waals surface area contributed by atoms with Gasteiger partial charge in [-0.2, -0.15) is 0 Å². The molecule has 0 fully saturated rings. The standard InChI is InChI=1S/C6H14N2O/c1-2-6-9-8-5-3-4-7/h5H,2-4,6-7H2,1H3/b8-5+. The second-order valence-electron chi connectivity index (χ2n) is 1.70. The fourth-order valence-corrected chi connectivity index (χ4v) is 0.324. The molecule has 2 N–H and O–H groups in total. The van der Waals surface area contributed by atoms with Crippen molar-refractivity contribution in [2.45, 2.75) is 19.8 Å². The van der Waals surface area contributed by atoms with E-state index in [0.717, 1.165) is 12.8 Å². The van der Waals surface area contributed by atoms with Gasteiger partial charge in [-0.05, 0) is 19.4 Å². The Hall–Kier alpha value is -0.570. The number of hydrogen-bond donors (Lipinski definition) is 1. The molecule has 54 valence electrons. The molecule has 3 nitrogen and oxygen atoms in total. The van der Waals surface area contributed by atoms with Crippen molar-refractivity contribution >= 4 is 6.21 Å². The Morgan fingerprint density at radius 2 is 2.44 bits per heavy atom. The van der Waals surface area contributed by atoms with Crippen molar-refractivity contribution in [2.75, 3.05) is 13.2 Å². The predicted molar refractivity (Wildman–Crippen MR) is 38.4 cm³/mol. The number of hydrogen-bond acceptors (Lipinski definition) is 3. The third kappa shape index (κ3) is 7.43. The summed E-state index contributed by atoms with van der Waals surface area (Å²) in [6.07, 6.45) is 3.49. The van der Waals surface area contributed by atoms with Gasteiger partial charge in [0.25, 0.3) is 0 Å². The molecule has 0 saturated heterocycles. The maximum Gasteiger partial charge on any atom is 0.116 e. The predicted octanol–water partition coefficient (Wildman–Crippen LogP) is 0.748. The second kappa shape index (κ2) is 7.43. The highest BCUT2D eigenvalue weighted by Gasteiger charge is 1.75. The molecule has 0 amide bonds. The van der Waals surface area contributed by atoms with Crippen LogP contribution >= 0.6 is 0 Å².